The highest BCUT2D eigenvalue weighted by Gasteiger charge is 2.30. The van der Waals surface area contributed by atoms with Gasteiger partial charge in [0.1, 0.15) is 5.82 Å². The molecule has 10 heteroatoms. The van der Waals surface area contributed by atoms with E-state index >= 15 is 0 Å². The number of benzene rings is 2. The lowest BCUT2D eigenvalue weighted by Crippen LogP contribution is -2.29. The second kappa shape index (κ2) is 11.4. The zero-order valence-corrected chi connectivity index (χ0v) is 20.7. The quantitative estimate of drug-likeness (QED) is 0.220. The summed E-state index contributed by atoms with van der Waals surface area (Å²) in [5.41, 5.74) is 3.19. The van der Waals surface area contributed by atoms with Gasteiger partial charge in [-0.05, 0) is 71.8 Å². The van der Waals surface area contributed by atoms with Crippen molar-refractivity contribution >= 4 is 63.0 Å². The molecule has 9 nitrogen and oxygen atoms in total. The minimum Gasteiger partial charge on any atom is -0.395 e. The zero-order chi connectivity index (χ0) is 23.9. The van der Waals surface area contributed by atoms with Crippen molar-refractivity contribution in [1.82, 2.24) is 9.97 Å². The molecule has 1 fully saturated rings. The summed E-state index contributed by atoms with van der Waals surface area (Å²) in [7, 11) is 0. The largest absolute Gasteiger partial charge is 0.395 e. The van der Waals surface area contributed by atoms with E-state index in [4.69, 9.17) is 0 Å². The fourth-order valence-corrected chi connectivity index (χ4v) is 3.81. The van der Waals surface area contributed by atoms with Gasteiger partial charge in [-0.15, -0.1) is 0 Å². The average molecular weight is 574 g/mol. The first-order valence-corrected chi connectivity index (χ1v) is 12.2. The Morgan fingerprint density at radius 3 is 2.32 bits per heavy atom. The molecule has 34 heavy (non-hydrogen) atoms. The fourth-order valence-electron chi connectivity index (χ4n) is 3.42. The molecule has 0 spiro atoms. The first-order valence-electron chi connectivity index (χ1n) is 11.1. The maximum absolute atomic E-state index is 12.2. The Hall–Kier alpha value is -2.96. The molecule has 2 aromatic carbocycles. The Balaban J connectivity index is 1.47. The lowest BCUT2D eigenvalue weighted by molar-refractivity contribution is -0.117. The molecule has 0 atom stereocenters. The van der Waals surface area contributed by atoms with Gasteiger partial charge >= 0.3 is 0 Å². The summed E-state index contributed by atoms with van der Waals surface area (Å²) < 4.78 is 0.838. The Morgan fingerprint density at radius 1 is 1.00 bits per heavy atom. The molecule has 0 saturated heterocycles. The Kier molecular flexibility index (Phi) is 8.14. The molecule has 3 aromatic rings. The number of rotatable bonds is 11. The van der Waals surface area contributed by atoms with Crippen LogP contribution in [0, 0.1) is 9.49 Å². The number of anilines is 6. The van der Waals surface area contributed by atoms with Crippen LogP contribution in [0.1, 0.15) is 12.8 Å². The minimum absolute atomic E-state index is 0.0136. The summed E-state index contributed by atoms with van der Waals surface area (Å²) in [6.45, 7) is 0.926. The molecule has 178 valence electrons. The zero-order valence-electron chi connectivity index (χ0n) is 18.5. The smallest absolute Gasteiger partial charge is 0.229 e. The molecule has 1 aliphatic carbocycles. The van der Waals surface area contributed by atoms with Crippen molar-refractivity contribution in [3.8, 4) is 0 Å². The average Bonchev–Trinajstić information content (AvgIpc) is 3.69. The first-order chi connectivity index (χ1) is 16.6. The maximum Gasteiger partial charge on any atom is 0.229 e. The van der Waals surface area contributed by atoms with Crippen LogP contribution in [0.5, 0.6) is 0 Å². The van der Waals surface area contributed by atoms with E-state index < -0.39 is 0 Å². The third kappa shape index (κ3) is 6.33. The number of hydrogen-bond acceptors (Lipinski definition) is 8. The highest BCUT2D eigenvalue weighted by atomic mass is 127. The summed E-state index contributed by atoms with van der Waals surface area (Å²) in [6, 6.07) is 15.2. The van der Waals surface area contributed by atoms with Crippen molar-refractivity contribution in [2.24, 2.45) is 5.92 Å². The monoisotopic (exact) mass is 574 g/mol. The number of para-hydroxylation sites is 2. The fraction of sp³-hybridized carbons (Fsp3) is 0.292. The van der Waals surface area contributed by atoms with E-state index in [2.05, 4.69) is 48.5 Å². The standard InChI is InChI=1S/C24H27IN6O3/c25-19-15-26-24(27-17-7-9-18(10-8-17)31(11-13-32)12-14-33)30-22(19)28-20-3-1-2-4-21(20)29-23(34)16-5-6-16/h1-4,7-10,15-16,32-33H,5-6,11-14H2,(H,29,34)(H2,26,27,28,30). The molecule has 1 saturated carbocycles. The van der Waals surface area contributed by atoms with Gasteiger partial charge in [0, 0.05) is 36.6 Å². The van der Waals surface area contributed by atoms with Crippen molar-refractivity contribution < 1.29 is 15.0 Å². The van der Waals surface area contributed by atoms with Gasteiger partial charge in [0.05, 0.1) is 28.2 Å². The van der Waals surface area contributed by atoms with Crippen LogP contribution in [-0.2, 0) is 4.79 Å². The van der Waals surface area contributed by atoms with Gasteiger partial charge in [-0.1, -0.05) is 12.1 Å². The van der Waals surface area contributed by atoms with E-state index in [1.807, 2.05) is 53.4 Å². The number of hydrogen-bond donors (Lipinski definition) is 5. The molecular weight excluding hydrogens is 547 g/mol. The van der Waals surface area contributed by atoms with Gasteiger partial charge in [-0.3, -0.25) is 4.79 Å². The third-order valence-electron chi connectivity index (χ3n) is 5.36. The number of aliphatic hydroxyl groups excluding tert-OH is 2. The van der Waals surface area contributed by atoms with E-state index in [1.165, 1.54) is 0 Å². The van der Waals surface area contributed by atoms with E-state index in [1.54, 1.807) is 6.20 Å². The van der Waals surface area contributed by atoms with Gasteiger partial charge in [-0.2, -0.15) is 4.98 Å². The molecule has 1 aliphatic rings. The van der Waals surface area contributed by atoms with Crippen LogP contribution in [0.4, 0.5) is 34.5 Å². The molecule has 0 unspecified atom stereocenters. The van der Waals surface area contributed by atoms with E-state index in [9.17, 15) is 15.0 Å². The van der Waals surface area contributed by atoms with Crippen molar-refractivity contribution in [3.63, 3.8) is 0 Å². The second-order valence-electron chi connectivity index (χ2n) is 7.93. The second-order valence-corrected chi connectivity index (χ2v) is 9.09. The number of nitrogens with zero attached hydrogens (tertiary/aromatic N) is 3. The number of aliphatic hydroxyl groups is 2. The predicted octanol–water partition coefficient (Wildman–Crippen LogP) is 3.71. The minimum atomic E-state index is 0.0136. The molecule has 1 aromatic heterocycles. The van der Waals surface area contributed by atoms with Crippen molar-refractivity contribution in [1.29, 1.82) is 0 Å². The molecular formula is C24H27IN6O3. The van der Waals surface area contributed by atoms with E-state index in [-0.39, 0.29) is 25.0 Å². The van der Waals surface area contributed by atoms with Crippen LogP contribution in [0.15, 0.2) is 54.7 Å². The summed E-state index contributed by atoms with van der Waals surface area (Å²) >= 11 is 2.17. The number of aromatic nitrogens is 2. The van der Waals surface area contributed by atoms with Crippen molar-refractivity contribution in [2.75, 3.05) is 47.2 Å². The van der Waals surface area contributed by atoms with E-state index in [0.29, 0.717) is 30.5 Å². The van der Waals surface area contributed by atoms with Crippen LogP contribution in [-0.4, -0.2) is 52.4 Å². The number of carbonyl (C=O) groups excluding carboxylic acids is 1. The predicted molar refractivity (Wildman–Crippen MR) is 142 cm³/mol. The highest BCUT2D eigenvalue weighted by molar-refractivity contribution is 14.1. The lowest BCUT2D eigenvalue weighted by Gasteiger charge is -2.23. The van der Waals surface area contributed by atoms with E-state index in [0.717, 1.165) is 33.5 Å². The highest BCUT2D eigenvalue weighted by Crippen LogP contribution is 2.33. The molecule has 4 rings (SSSR count). The van der Waals surface area contributed by atoms with Gasteiger partial charge in [-0.25, -0.2) is 4.98 Å². The Bertz CT molecular complexity index is 1120. The van der Waals surface area contributed by atoms with Crippen LogP contribution < -0.4 is 20.9 Å². The number of halogens is 1. The number of amides is 1. The third-order valence-corrected chi connectivity index (χ3v) is 6.15. The number of nitrogens with one attached hydrogen (secondary N) is 3. The summed E-state index contributed by atoms with van der Waals surface area (Å²) in [5, 5.41) is 28.0. The number of carbonyl (C=O) groups is 1. The molecule has 1 amide bonds. The molecule has 0 radical (unpaired) electrons. The molecule has 1 heterocycles. The summed E-state index contributed by atoms with van der Waals surface area (Å²) in [5.74, 6) is 1.22. The summed E-state index contributed by atoms with van der Waals surface area (Å²) in [6.07, 6.45) is 3.62. The van der Waals surface area contributed by atoms with Gasteiger partial charge in [0.25, 0.3) is 0 Å². The summed E-state index contributed by atoms with van der Waals surface area (Å²) in [4.78, 5) is 23.1. The lowest BCUT2D eigenvalue weighted by atomic mass is 10.2. The van der Waals surface area contributed by atoms with Crippen molar-refractivity contribution in [3.05, 3.63) is 58.3 Å². The Morgan fingerprint density at radius 2 is 1.68 bits per heavy atom. The van der Waals surface area contributed by atoms with Crippen LogP contribution in [0.2, 0.25) is 0 Å². The Labute approximate surface area is 211 Å². The molecule has 5 N–H and O–H groups in total. The molecule has 0 bridgehead atoms. The van der Waals surface area contributed by atoms with Gasteiger partial charge < -0.3 is 31.1 Å². The molecule has 0 aliphatic heterocycles. The maximum atomic E-state index is 12.2. The van der Waals surface area contributed by atoms with Gasteiger partial charge in [0.15, 0.2) is 0 Å². The van der Waals surface area contributed by atoms with Crippen LogP contribution >= 0.6 is 22.6 Å². The van der Waals surface area contributed by atoms with Gasteiger partial charge in [0.2, 0.25) is 11.9 Å². The van der Waals surface area contributed by atoms with Crippen molar-refractivity contribution in [2.45, 2.75) is 12.8 Å². The normalized spacial score (nSPS) is 12.8. The van der Waals surface area contributed by atoms with Crippen LogP contribution in [0.25, 0.3) is 0 Å². The van der Waals surface area contributed by atoms with Crippen LogP contribution in [0.3, 0.4) is 0 Å². The first kappa shape index (κ1) is 24.2. The topological polar surface area (TPSA) is 123 Å². The SMILES string of the molecule is O=C(Nc1ccccc1Nc1nc(Nc2ccc(N(CCO)CCO)cc2)ncc1I)C1CC1.